The van der Waals surface area contributed by atoms with Crippen LogP contribution in [0, 0.1) is 0 Å². The van der Waals surface area contributed by atoms with Crippen molar-refractivity contribution in [3.63, 3.8) is 0 Å². The molecule has 0 saturated carbocycles. The lowest BCUT2D eigenvalue weighted by atomic mass is 10.0. The molecular weight excluding hydrogens is 382 g/mol. The van der Waals surface area contributed by atoms with Crippen LogP contribution in [0.3, 0.4) is 0 Å². The van der Waals surface area contributed by atoms with Gasteiger partial charge in [-0.2, -0.15) is 5.10 Å². The summed E-state index contributed by atoms with van der Waals surface area (Å²) in [5, 5.41) is 7.82. The van der Waals surface area contributed by atoms with Crippen LogP contribution in [0.2, 0.25) is 0 Å². The summed E-state index contributed by atoms with van der Waals surface area (Å²) < 4.78 is 18.1. The minimum atomic E-state index is -0.180. The van der Waals surface area contributed by atoms with Crippen molar-refractivity contribution in [3.05, 3.63) is 60.3 Å². The molecule has 1 atom stereocenters. The van der Waals surface area contributed by atoms with E-state index in [-0.39, 0.29) is 11.9 Å². The van der Waals surface area contributed by atoms with Crippen LogP contribution in [-0.4, -0.2) is 49.2 Å². The van der Waals surface area contributed by atoms with Crippen molar-refractivity contribution in [1.29, 1.82) is 0 Å². The molecule has 1 N–H and O–H groups in total. The van der Waals surface area contributed by atoms with Gasteiger partial charge < -0.3 is 19.5 Å². The minimum absolute atomic E-state index is 0.00283. The molecule has 0 spiro atoms. The van der Waals surface area contributed by atoms with Crippen LogP contribution < -0.4 is 14.8 Å². The van der Waals surface area contributed by atoms with Crippen molar-refractivity contribution in [1.82, 2.24) is 15.1 Å². The highest BCUT2D eigenvalue weighted by Crippen LogP contribution is 2.35. The van der Waals surface area contributed by atoms with Gasteiger partial charge in [-0.3, -0.25) is 4.79 Å². The molecule has 1 aliphatic rings. The van der Waals surface area contributed by atoms with Crippen LogP contribution in [0.5, 0.6) is 11.5 Å². The highest BCUT2D eigenvalue weighted by molar-refractivity contribution is 6.00. The maximum absolute atomic E-state index is 13.2. The van der Waals surface area contributed by atoms with Gasteiger partial charge in [-0.25, -0.2) is 4.68 Å². The first kappa shape index (κ1) is 20.0. The van der Waals surface area contributed by atoms with E-state index in [0.29, 0.717) is 29.4 Å². The Balaban J connectivity index is 1.76. The van der Waals surface area contributed by atoms with E-state index < -0.39 is 0 Å². The van der Waals surface area contributed by atoms with Crippen molar-refractivity contribution < 1.29 is 19.0 Å². The molecule has 1 aliphatic heterocycles. The number of carbonyl (C=O) groups is 1. The standard InChI is InChI=1S/C23H25N3O4/c1-28-18-10-11-19(21(13-18)29-2)22-20(23(27)24-16-7-6-12-30-15-16)14-26(25-22)17-8-4-3-5-9-17/h3-5,8-11,13-14,16H,6-7,12,15H2,1-2H3,(H,24,27). The van der Waals surface area contributed by atoms with Crippen LogP contribution in [0.15, 0.2) is 54.7 Å². The van der Waals surface area contributed by atoms with E-state index in [2.05, 4.69) is 5.32 Å². The maximum atomic E-state index is 13.2. The number of benzene rings is 2. The maximum Gasteiger partial charge on any atom is 0.255 e. The summed E-state index contributed by atoms with van der Waals surface area (Å²) in [5.41, 5.74) is 2.62. The average Bonchev–Trinajstić information content (AvgIpc) is 3.25. The third-order valence-corrected chi connectivity index (χ3v) is 5.14. The Bertz CT molecular complexity index is 1010. The van der Waals surface area contributed by atoms with Crippen LogP contribution in [0.25, 0.3) is 16.9 Å². The van der Waals surface area contributed by atoms with Gasteiger partial charge in [0.2, 0.25) is 0 Å². The van der Waals surface area contributed by atoms with E-state index in [0.717, 1.165) is 30.7 Å². The molecule has 7 nitrogen and oxygen atoms in total. The van der Waals surface area contributed by atoms with Crippen LogP contribution in [0.4, 0.5) is 0 Å². The van der Waals surface area contributed by atoms with Gasteiger partial charge in [0.25, 0.3) is 5.91 Å². The summed E-state index contributed by atoms with van der Waals surface area (Å²) in [6, 6.07) is 15.2. The first-order valence-electron chi connectivity index (χ1n) is 9.95. The Morgan fingerprint density at radius 3 is 2.70 bits per heavy atom. The predicted octanol–water partition coefficient (Wildman–Crippen LogP) is 3.47. The number of hydrogen-bond acceptors (Lipinski definition) is 5. The number of carbonyl (C=O) groups excluding carboxylic acids is 1. The molecule has 1 saturated heterocycles. The number of nitrogens with one attached hydrogen (secondary N) is 1. The summed E-state index contributed by atoms with van der Waals surface area (Å²) in [6.07, 6.45) is 3.60. The van der Waals surface area contributed by atoms with Crippen molar-refractivity contribution >= 4 is 5.91 Å². The van der Waals surface area contributed by atoms with Crippen LogP contribution >= 0.6 is 0 Å². The quantitative estimate of drug-likeness (QED) is 0.677. The van der Waals surface area contributed by atoms with Crippen LogP contribution in [0.1, 0.15) is 23.2 Å². The smallest absolute Gasteiger partial charge is 0.255 e. The Hall–Kier alpha value is -3.32. The van der Waals surface area contributed by atoms with E-state index in [9.17, 15) is 4.79 Å². The third kappa shape index (κ3) is 4.16. The first-order chi connectivity index (χ1) is 14.7. The molecule has 4 rings (SSSR count). The van der Waals surface area contributed by atoms with Gasteiger partial charge in [0, 0.05) is 24.4 Å². The van der Waals surface area contributed by atoms with Crippen LogP contribution in [-0.2, 0) is 4.74 Å². The monoisotopic (exact) mass is 407 g/mol. The fraction of sp³-hybridized carbons (Fsp3) is 0.304. The van der Waals surface area contributed by atoms with Gasteiger partial charge in [0.15, 0.2) is 0 Å². The van der Waals surface area contributed by atoms with Gasteiger partial charge in [-0.05, 0) is 37.1 Å². The Morgan fingerprint density at radius 1 is 1.17 bits per heavy atom. The second kappa shape index (κ2) is 9.00. The average molecular weight is 407 g/mol. The highest BCUT2D eigenvalue weighted by Gasteiger charge is 2.24. The van der Waals surface area contributed by atoms with Gasteiger partial charge in [0.1, 0.15) is 17.2 Å². The topological polar surface area (TPSA) is 74.6 Å². The second-order valence-corrected chi connectivity index (χ2v) is 7.13. The molecule has 0 bridgehead atoms. The molecule has 30 heavy (non-hydrogen) atoms. The summed E-state index contributed by atoms with van der Waals surface area (Å²) in [4.78, 5) is 13.2. The van der Waals surface area contributed by atoms with Crippen molar-refractivity contribution in [2.45, 2.75) is 18.9 Å². The van der Waals surface area contributed by atoms with Gasteiger partial charge in [0.05, 0.1) is 38.1 Å². The zero-order valence-corrected chi connectivity index (χ0v) is 17.1. The number of ether oxygens (including phenoxy) is 3. The Labute approximate surface area is 175 Å². The molecule has 7 heteroatoms. The van der Waals surface area contributed by atoms with Crippen molar-refractivity contribution in [2.75, 3.05) is 27.4 Å². The molecule has 3 aromatic rings. The first-order valence-corrected chi connectivity index (χ1v) is 9.95. The number of para-hydroxylation sites is 1. The summed E-state index contributed by atoms with van der Waals surface area (Å²) in [7, 11) is 3.19. The van der Waals surface area contributed by atoms with Gasteiger partial charge in [-0.15, -0.1) is 0 Å². The molecular formula is C23H25N3O4. The number of nitrogens with zero attached hydrogens (tertiary/aromatic N) is 2. The SMILES string of the molecule is COc1ccc(-c2nn(-c3ccccc3)cc2C(=O)NC2CCCOC2)c(OC)c1. The molecule has 0 radical (unpaired) electrons. The number of hydrogen-bond donors (Lipinski definition) is 1. The fourth-order valence-corrected chi connectivity index (χ4v) is 3.56. The lowest BCUT2D eigenvalue weighted by Crippen LogP contribution is -2.40. The van der Waals surface area contributed by atoms with Gasteiger partial charge in [-0.1, -0.05) is 18.2 Å². The van der Waals surface area contributed by atoms with E-state index in [1.165, 1.54) is 0 Å². The molecule has 2 heterocycles. The Kier molecular flexibility index (Phi) is 5.99. The largest absolute Gasteiger partial charge is 0.497 e. The molecule has 1 unspecified atom stereocenters. The minimum Gasteiger partial charge on any atom is -0.497 e. The molecule has 1 aromatic heterocycles. The molecule has 1 fully saturated rings. The summed E-state index contributed by atoms with van der Waals surface area (Å²) in [5.74, 6) is 1.08. The van der Waals surface area contributed by atoms with E-state index in [1.807, 2.05) is 42.5 Å². The number of rotatable bonds is 6. The highest BCUT2D eigenvalue weighted by atomic mass is 16.5. The van der Waals surface area contributed by atoms with E-state index in [4.69, 9.17) is 19.3 Å². The van der Waals surface area contributed by atoms with E-state index >= 15 is 0 Å². The predicted molar refractivity (Wildman–Crippen MR) is 113 cm³/mol. The molecule has 156 valence electrons. The third-order valence-electron chi connectivity index (χ3n) is 5.14. The Morgan fingerprint density at radius 2 is 2.00 bits per heavy atom. The zero-order valence-electron chi connectivity index (χ0n) is 17.1. The number of amides is 1. The summed E-state index contributed by atoms with van der Waals surface area (Å²) >= 11 is 0. The van der Waals surface area contributed by atoms with E-state index in [1.54, 1.807) is 31.2 Å². The number of methoxy groups -OCH3 is 2. The zero-order chi connectivity index (χ0) is 20.9. The lowest BCUT2D eigenvalue weighted by Gasteiger charge is -2.23. The fourth-order valence-electron chi connectivity index (χ4n) is 3.56. The molecule has 0 aliphatic carbocycles. The summed E-state index contributed by atoms with van der Waals surface area (Å²) in [6.45, 7) is 1.27. The molecule has 2 aromatic carbocycles. The van der Waals surface area contributed by atoms with Gasteiger partial charge >= 0.3 is 0 Å². The van der Waals surface area contributed by atoms with Crippen molar-refractivity contribution in [2.24, 2.45) is 0 Å². The van der Waals surface area contributed by atoms with Crippen molar-refractivity contribution in [3.8, 4) is 28.4 Å². The second-order valence-electron chi connectivity index (χ2n) is 7.13. The normalized spacial score (nSPS) is 16.1. The lowest BCUT2D eigenvalue weighted by molar-refractivity contribution is 0.0624. The molecule has 1 amide bonds. The number of aromatic nitrogens is 2.